The highest BCUT2D eigenvalue weighted by Crippen LogP contribution is 2.11. The summed E-state index contributed by atoms with van der Waals surface area (Å²) in [5, 5.41) is 7.10. The van der Waals surface area contributed by atoms with Crippen LogP contribution in [0.4, 0.5) is 0 Å². The number of aryl methyl sites for hydroxylation is 2. The van der Waals surface area contributed by atoms with Gasteiger partial charge in [0.25, 0.3) is 0 Å². The van der Waals surface area contributed by atoms with Crippen LogP contribution in [-0.4, -0.2) is 25.7 Å². The zero-order valence-corrected chi connectivity index (χ0v) is 11.8. The third-order valence-corrected chi connectivity index (χ3v) is 3.90. The molecule has 0 spiro atoms. The van der Waals surface area contributed by atoms with Gasteiger partial charge in [0, 0.05) is 6.04 Å². The maximum Gasteiger partial charge on any atom is 0.00796 e. The average molecular weight is 246 g/mol. The summed E-state index contributed by atoms with van der Waals surface area (Å²) in [4.78, 5) is 0. The maximum absolute atomic E-state index is 3.56. The average Bonchev–Trinajstić information content (AvgIpc) is 2.84. The van der Waals surface area contributed by atoms with Crippen LogP contribution < -0.4 is 10.6 Å². The number of hydrogen-bond donors (Lipinski definition) is 2. The van der Waals surface area contributed by atoms with Crippen LogP contribution >= 0.6 is 0 Å². The van der Waals surface area contributed by atoms with E-state index >= 15 is 0 Å². The van der Waals surface area contributed by atoms with E-state index in [1.54, 1.807) is 0 Å². The lowest BCUT2D eigenvalue weighted by molar-refractivity contribution is 0.525. The highest BCUT2D eigenvalue weighted by Gasteiger charge is 2.12. The molecule has 18 heavy (non-hydrogen) atoms. The van der Waals surface area contributed by atoms with Crippen molar-refractivity contribution in [3.05, 3.63) is 34.9 Å². The van der Waals surface area contributed by atoms with Crippen molar-refractivity contribution in [1.82, 2.24) is 10.6 Å². The zero-order valence-electron chi connectivity index (χ0n) is 11.8. The SMILES string of the molecule is Cc1ccc(CCNCCC2CCCN2)c(C)c1. The molecule has 1 saturated heterocycles. The molecular weight excluding hydrogens is 220 g/mol. The van der Waals surface area contributed by atoms with Crippen molar-refractivity contribution in [1.29, 1.82) is 0 Å². The predicted molar refractivity (Wildman–Crippen MR) is 78.1 cm³/mol. The lowest BCUT2D eigenvalue weighted by Gasteiger charge is -2.11. The lowest BCUT2D eigenvalue weighted by Crippen LogP contribution is -2.28. The molecule has 1 unspecified atom stereocenters. The summed E-state index contributed by atoms with van der Waals surface area (Å²) < 4.78 is 0. The molecule has 1 aliphatic heterocycles. The van der Waals surface area contributed by atoms with E-state index in [2.05, 4.69) is 42.7 Å². The monoisotopic (exact) mass is 246 g/mol. The Morgan fingerprint density at radius 2 is 2.17 bits per heavy atom. The summed E-state index contributed by atoms with van der Waals surface area (Å²) in [6.07, 6.45) is 5.13. The van der Waals surface area contributed by atoms with E-state index in [9.17, 15) is 0 Å². The largest absolute Gasteiger partial charge is 0.316 e. The Bertz CT molecular complexity index is 367. The van der Waals surface area contributed by atoms with Crippen LogP contribution in [0.3, 0.4) is 0 Å². The molecule has 2 N–H and O–H groups in total. The van der Waals surface area contributed by atoms with Gasteiger partial charge in [0.1, 0.15) is 0 Å². The molecule has 100 valence electrons. The molecule has 1 aromatic carbocycles. The zero-order chi connectivity index (χ0) is 12.8. The van der Waals surface area contributed by atoms with Gasteiger partial charge in [-0.15, -0.1) is 0 Å². The number of benzene rings is 1. The van der Waals surface area contributed by atoms with Gasteiger partial charge in [-0.05, 0) is 70.3 Å². The fraction of sp³-hybridized carbons (Fsp3) is 0.625. The summed E-state index contributed by atoms with van der Waals surface area (Å²) in [6, 6.07) is 7.52. The Morgan fingerprint density at radius 1 is 1.28 bits per heavy atom. The highest BCUT2D eigenvalue weighted by molar-refractivity contribution is 5.30. The fourth-order valence-electron chi connectivity index (χ4n) is 2.75. The second-order valence-electron chi connectivity index (χ2n) is 5.51. The topological polar surface area (TPSA) is 24.1 Å². The molecule has 0 bridgehead atoms. The molecule has 2 heteroatoms. The molecule has 1 atom stereocenters. The maximum atomic E-state index is 3.56. The number of rotatable bonds is 6. The molecule has 2 rings (SSSR count). The summed E-state index contributed by atoms with van der Waals surface area (Å²) in [6.45, 7) is 7.82. The summed E-state index contributed by atoms with van der Waals surface area (Å²) >= 11 is 0. The van der Waals surface area contributed by atoms with E-state index in [4.69, 9.17) is 0 Å². The first kappa shape index (κ1) is 13.6. The normalized spacial score (nSPS) is 19.3. The first-order chi connectivity index (χ1) is 8.75. The summed E-state index contributed by atoms with van der Waals surface area (Å²) in [5.41, 5.74) is 4.26. The molecule has 1 heterocycles. The van der Waals surface area contributed by atoms with Gasteiger partial charge in [-0.1, -0.05) is 23.8 Å². The standard InChI is InChI=1S/C16H26N2/c1-13-5-6-15(14(2)12-13)7-10-17-11-8-16-4-3-9-18-16/h5-6,12,16-18H,3-4,7-11H2,1-2H3. The first-order valence-corrected chi connectivity index (χ1v) is 7.26. The van der Waals surface area contributed by atoms with E-state index in [1.165, 1.54) is 42.5 Å². The van der Waals surface area contributed by atoms with E-state index in [0.717, 1.165) is 25.6 Å². The van der Waals surface area contributed by atoms with Crippen molar-refractivity contribution in [3.8, 4) is 0 Å². The van der Waals surface area contributed by atoms with Gasteiger partial charge in [-0.3, -0.25) is 0 Å². The lowest BCUT2D eigenvalue weighted by atomic mass is 10.0. The number of hydrogen-bond acceptors (Lipinski definition) is 2. The van der Waals surface area contributed by atoms with Gasteiger partial charge in [-0.2, -0.15) is 0 Å². The van der Waals surface area contributed by atoms with Crippen molar-refractivity contribution in [2.45, 2.75) is 45.6 Å². The molecular formula is C16H26N2. The van der Waals surface area contributed by atoms with Crippen LogP contribution in [0.15, 0.2) is 18.2 Å². The number of nitrogens with one attached hydrogen (secondary N) is 2. The van der Waals surface area contributed by atoms with Crippen LogP contribution in [0, 0.1) is 13.8 Å². The third-order valence-electron chi connectivity index (χ3n) is 3.90. The minimum absolute atomic E-state index is 0.763. The first-order valence-electron chi connectivity index (χ1n) is 7.26. The quantitative estimate of drug-likeness (QED) is 0.754. The minimum Gasteiger partial charge on any atom is -0.316 e. The van der Waals surface area contributed by atoms with E-state index in [-0.39, 0.29) is 0 Å². The molecule has 1 aliphatic rings. The van der Waals surface area contributed by atoms with Crippen LogP contribution in [0.1, 0.15) is 36.0 Å². The molecule has 0 saturated carbocycles. The second kappa shape index (κ2) is 6.91. The smallest absolute Gasteiger partial charge is 0.00796 e. The molecule has 0 aromatic heterocycles. The Labute approximate surface area is 111 Å². The molecule has 2 nitrogen and oxygen atoms in total. The Kier molecular flexibility index (Phi) is 5.21. The molecule has 0 amide bonds. The van der Waals surface area contributed by atoms with E-state index in [0.29, 0.717) is 0 Å². The van der Waals surface area contributed by atoms with Gasteiger partial charge < -0.3 is 10.6 Å². The second-order valence-corrected chi connectivity index (χ2v) is 5.51. The van der Waals surface area contributed by atoms with Crippen LogP contribution in [0.25, 0.3) is 0 Å². The fourth-order valence-corrected chi connectivity index (χ4v) is 2.75. The van der Waals surface area contributed by atoms with Crippen molar-refractivity contribution < 1.29 is 0 Å². The highest BCUT2D eigenvalue weighted by atomic mass is 14.9. The third kappa shape index (κ3) is 4.11. The molecule has 0 aliphatic carbocycles. The molecule has 1 aromatic rings. The van der Waals surface area contributed by atoms with Crippen molar-refractivity contribution >= 4 is 0 Å². The van der Waals surface area contributed by atoms with Crippen LogP contribution in [0.2, 0.25) is 0 Å². The molecule has 0 radical (unpaired) electrons. The molecule has 1 fully saturated rings. The summed E-state index contributed by atoms with van der Waals surface area (Å²) in [5.74, 6) is 0. The van der Waals surface area contributed by atoms with Crippen LogP contribution in [0.5, 0.6) is 0 Å². The Balaban J connectivity index is 1.62. The van der Waals surface area contributed by atoms with Crippen molar-refractivity contribution in [2.75, 3.05) is 19.6 Å². The van der Waals surface area contributed by atoms with E-state index < -0.39 is 0 Å². The van der Waals surface area contributed by atoms with Gasteiger partial charge in [0.05, 0.1) is 0 Å². The minimum atomic E-state index is 0.763. The van der Waals surface area contributed by atoms with E-state index in [1.807, 2.05) is 0 Å². The summed E-state index contributed by atoms with van der Waals surface area (Å²) in [7, 11) is 0. The Morgan fingerprint density at radius 3 is 2.89 bits per heavy atom. The van der Waals surface area contributed by atoms with Gasteiger partial charge in [0.15, 0.2) is 0 Å². The Hall–Kier alpha value is -0.860. The van der Waals surface area contributed by atoms with Gasteiger partial charge in [-0.25, -0.2) is 0 Å². The van der Waals surface area contributed by atoms with Crippen molar-refractivity contribution in [2.24, 2.45) is 0 Å². The van der Waals surface area contributed by atoms with Crippen LogP contribution in [-0.2, 0) is 6.42 Å². The van der Waals surface area contributed by atoms with Gasteiger partial charge >= 0.3 is 0 Å². The van der Waals surface area contributed by atoms with Crippen molar-refractivity contribution in [3.63, 3.8) is 0 Å². The van der Waals surface area contributed by atoms with Gasteiger partial charge in [0.2, 0.25) is 0 Å². The predicted octanol–water partition coefficient (Wildman–Crippen LogP) is 2.58.